The van der Waals surface area contributed by atoms with Crippen molar-refractivity contribution in [2.24, 2.45) is 5.92 Å². The maximum Gasteiger partial charge on any atom is 0.407 e. The second kappa shape index (κ2) is 10.9. The van der Waals surface area contributed by atoms with E-state index in [4.69, 9.17) is 13.9 Å². The first-order valence-electron chi connectivity index (χ1n) is 11.0. The Morgan fingerprint density at radius 3 is 2.55 bits per heavy atom. The molecule has 0 atom stereocenters. The molecule has 2 N–H and O–H groups in total. The van der Waals surface area contributed by atoms with Crippen molar-refractivity contribution in [1.29, 1.82) is 0 Å². The number of hydrogen-bond acceptors (Lipinski definition) is 6. The van der Waals surface area contributed by atoms with E-state index in [1.165, 1.54) is 6.26 Å². The van der Waals surface area contributed by atoms with Gasteiger partial charge in [-0.25, -0.2) is 4.79 Å². The lowest BCUT2D eigenvalue weighted by Gasteiger charge is -2.32. The number of nitrogens with zero attached hydrogens (tertiary/aromatic N) is 1. The molecule has 0 aliphatic carbocycles. The predicted molar refractivity (Wildman–Crippen MR) is 122 cm³/mol. The van der Waals surface area contributed by atoms with Crippen molar-refractivity contribution in [3.63, 3.8) is 0 Å². The lowest BCUT2D eigenvalue weighted by molar-refractivity contribution is -0.134. The topological polar surface area (TPSA) is 110 Å². The molecule has 0 unspecified atom stereocenters. The molecule has 0 radical (unpaired) electrons. The third kappa shape index (κ3) is 7.85. The Hall–Kier alpha value is -3.49. The van der Waals surface area contributed by atoms with Crippen molar-refractivity contribution in [2.45, 2.75) is 39.2 Å². The van der Waals surface area contributed by atoms with E-state index in [1.54, 1.807) is 41.3 Å². The van der Waals surface area contributed by atoms with Crippen LogP contribution in [0.15, 0.2) is 47.1 Å². The van der Waals surface area contributed by atoms with Crippen LogP contribution in [-0.4, -0.2) is 54.6 Å². The fourth-order valence-electron chi connectivity index (χ4n) is 3.43. The van der Waals surface area contributed by atoms with Crippen LogP contribution in [0, 0.1) is 5.92 Å². The maximum absolute atomic E-state index is 12.5. The van der Waals surface area contributed by atoms with Gasteiger partial charge in [0.15, 0.2) is 12.4 Å². The molecule has 0 bridgehead atoms. The first-order valence-corrected chi connectivity index (χ1v) is 11.0. The number of hydrogen-bond donors (Lipinski definition) is 2. The molecule has 3 amide bonds. The van der Waals surface area contributed by atoms with Crippen LogP contribution in [0.3, 0.4) is 0 Å². The number of nitrogens with one attached hydrogen (secondary N) is 2. The Morgan fingerprint density at radius 1 is 1.12 bits per heavy atom. The largest absolute Gasteiger partial charge is 0.484 e. The minimum Gasteiger partial charge on any atom is -0.484 e. The molecule has 2 heterocycles. The van der Waals surface area contributed by atoms with Crippen molar-refractivity contribution in [3.05, 3.63) is 48.4 Å². The lowest BCUT2D eigenvalue weighted by atomic mass is 9.97. The molecule has 33 heavy (non-hydrogen) atoms. The summed E-state index contributed by atoms with van der Waals surface area (Å²) < 4.78 is 16.0. The standard InChI is InChI=1S/C24H31N3O6/c1-24(2,3)33-23(30)25-15-17-9-11-27(12-10-17)21(28)16-32-19-7-4-6-18(14-19)26-22(29)20-8-5-13-31-20/h4-8,13-14,17H,9-12,15-16H2,1-3H3,(H,25,30)(H,26,29). The highest BCUT2D eigenvalue weighted by Gasteiger charge is 2.24. The van der Waals surface area contributed by atoms with Crippen LogP contribution in [0.4, 0.5) is 10.5 Å². The molecule has 1 aliphatic heterocycles. The van der Waals surface area contributed by atoms with E-state index in [2.05, 4.69) is 10.6 Å². The number of carbonyl (C=O) groups excluding carboxylic acids is 3. The van der Waals surface area contributed by atoms with Gasteiger partial charge < -0.3 is 29.4 Å². The average Bonchev–Trinajstić information content (AvgIpc) is 3.31. The summed E-state index contributed by atoms with van der Waals surface area (Å²) in [7, 11) is 0. The van der Waals surface area contributed by atoms with Crippen LogP contribution in [0.2, 0.25) is 0 Å². The van der Waals surface area contributed by atoms with Crippen molar-refractivity contribution in [3.8, 4) is 5.75 Å². The van der Waals surface area contributed by atoms with E-state index < -0.39 is 11.7 Å². The number of furan rings is 1. The summed E-state index contributed by atoms with van der Waals surface area (Å²) in [4.78, 5) is 38.2. The van der Waals surface area contributed by atoms with E-state index in [9.17, 15) is 14.4 Å². The Balaban J connectivity index is 1.39. The number of carbonyl (C=O) groups is 3. The van der Waals surface area contributed by atoms with Crippen LogP contribution in [-0.2, 0) is 9.53 Å². The van der Waals surface area contributed by atoms with Crippen LogP contribution < -0.4 is 15.4 Å². The van der Waals surface area contributed by atoms with Crippen molar-refractivity contribution in [1.82, 2.24) is 10.2 Å². The second-order valence-electron chi connectivity index (χ2n) is 8.95. The number of rotatable bonds is 7. The fourth-order valence-corrected chi connectivity index (χ4v) is 3.43. The maximum atomic E-state index is 12.5. The zero-order valence-corrected chi connectivity index (χ0v) is 19.3. The van der Waals surface area contributed by atoms with Gasteiger partial charge in [0.1, 0.15) is 11.4 Å². The zero-order valence-electron chi connectivity index (χ0n) is 19.3. The molecule has 1 aliphatic rings. The second-order valence-corrected chi connectivity index (χ2v) is 8.95. The number of amides is 3. The minimum atomic E-state index is -0.523. The van der Waals surface area contributed by atoms with Crippen molar-refractivity contribution >= 4 is 23.6 Å². The number of piperidine rings is 1. The van der Waals surface area contributed by atoms with Gasteiger partial charge in [-0.1, -0.05) is 6.07 Å². The molecule has 0 saturated carbocycles. The molecular formula is C24H31N3O6. The van der Waals surface area contributed by atoms with E-state index in [1.807, 2.05) is 20.8 Å². The van der Waals surface area contributed by atoms with Gasteiger partial charge in [-0.3, -0.25) is 9.59 Å². The monoisotopic (exact) mass is 457 g/mol. The van der Waals surface area contributed by atoms with Gasteiger partial charge in [-0.15, -0.1) is 0 Å². The highest BCUT2D eigenvalue weighted by Crippen LogP contribution is 2.20. The van der Waals surface area contributed by atoms with E-state index >= 15 is 0 Å². The summed E-state index contributed by atoms with van der Waals surface area (Å²) in [6.45, 7) is 7.15. The van der Waals surface area contributed by atoms with Gasteiger partial charge in [0.2, 0.25) is 0 Å². The van der Waals surface area contributed by atoms with Gasteiger partial charge in [0.05, 0.1) is 6.26 Å². The molecule has 9 nitrogen and oxygen atoms in total. The highest BCUT2D eigenvalue weighted by atomic mass is 16.6. The predicted octanol–water partition coefficient (Wildman–Crippen LogP) is 3.67. The van der Waals surface area contributed by atoms with Gasteiger partial charge in [0.25, 0.3) is 11.8 Å². The Labute approximate surface area is 193 Å². The average molecular weight is 458 g/mol. The number of alkyl carbamates (subject to hydrolysis) is 1. The first-order chi connectivity index (χ1) is 15.7. The summed E-state index contributed by atoms with van der Waals surface area (Å²) >= 11 is 0. The van der Waals surface area contributed by atoms with E-state index in [-0.39, 0.29) is 24.2 Å². The minimum absolute atomic E-state index is 0.0869. The highest BCUT2D eigenvalue weighted by molar-refractivity contribution is 6.02. The first kappa shape index (κ1) is 24.2. The van der Waals surface area contributed by atoms with Crippen molar-refractivity contribution < 1.29 is 28.3 Å². The molecule has 178 valence electrons. The molecule has 1 fully saturated rings. The Morgan fingerprint density at radius 2 is 1.88 bits per heavy atom. The molecule has 1 aromatic heterocycles. The summed E-state index contributed by atoms with van der Waals surface area (Å²) in [5, 5.41) is 5.53. The van der Waals surface area contributed by atoms with Crippen molar-refractivity contribution in [2.75, 3.05) is 31.6 Å². The summed E-state index contributed by atoms with van der Waals surface area (Å²) in [5.41, 5.74) is 0.0179. The molecule has 9 heteroatoms. The van der Waals surface area contributed by atoms with Crippen LogP contribution in [0.5, 0.6) is 5.75 Å². The SMILES string of the molecule is CC(C)(C)OC(=O)NCC1CCN(C(=O)COc2cccc(NC(=O)c3ccco3)c2)CC1. The molecule has 1 saturated heterocycles. The molecular weight excluding hydrogens is 426 g/mol. The lowest BCUT2D eigenvalue weighted by Crippen LogP contribution is -2.43. The fraction of sp³-hybridized carbons (Fsp3) is 0.458. The molecule has 2 aromatic rings. The number of anilines is 1. The van der Waals surface area contributed by atoms with Crippen LogP contribution >= 0.6 is 0 Å². The van der Waals surface area contributed by atoms with E-state index in [0.29, 0.717) is 37.0 Å². The smallest absolute Gasteiger partial charge is 0.407 e. The van der Waals surface area contributed by atoms with Gasteiger partial charge in [0, 0.05) is 31.4 Å². The van der Waals surface area contributed by atoms with Gasteiger partial charge in [-0.05, 0) is 63.8 Å². The summed E-state index contributed by atoms with van der Waals surface area (Å²) in [6, 6.07) is 10.1. The van der Waals surface area contributed by atoms with Crippen LogP contribution in [0.25, 0.3) is 0 Å². The normalized spacial score (nSPS) is 14.5. The molecule has 1 aromatic carbocycles. The van der Waals surface area contributed by atoms with E-state index in [0.717, 1.165) is 12.8 Å². The quantitative estimate of drug-likeness (QED) is 0.656. The summed E-state index contributed by atoms with van der Waals surface area (Å²) in [6.07, 6.45) is 2.61. The summed E-state index contributed by atoms with van der Waals surface area (Å²) in [5.74, 6) is 0.533. The third-order valence-electron chi connectivity index (χ3n) is 5.10. The Bertz CT molecular complexity index is 943. The van der Waals surface area contributed by atoms with Crippen LogP contribution in [0.1, 0.15) is 44.2 Å². The van der Waals surface area contributed by atoms with Gasteiger partial charge in [-0.2, -0.15) is 0 Å². The number of benzene rings is 1. The number of likely N-dealkylation sites (tertiary alicyclic amines) is 1. The molecule has 0 spiro atoms. The number of ether oxygens (including phenoxy) is 2. The third-order valence-corrected chi connectivity index (χ3v) is 5.10. The zero-order chi connectivity index (χ0) is 23.8. The molecule has 3 rings (SSSR count). The Kier molecular flexibility index (Phi) is 7.97. The van der Waals surface area contributed by atoms with Gasteiger partial charge >= 0.3 is 6.09 Å².